The molecule has 0 heterocycles. The molecule has 3 rings (SSSR count). The maximum absolute atomic E-state index is 13.6. The molecule has 0 bridgehead atoms. The third-order valence-electron chi connectivity index (χ3n) is 4.34. The van der Waals surface area contributed by atoms with Crippen molar-refractivity contribution in [2.24, 2.45) is 0 Å². The second kappa shape index (κ2) is 9.66. The first-order valence-electron chi connectivity index (χ1n) is 9.43. The molecule has 0 fully saturated rings. The van der Waals surface area contributed by atoms with E-state index in [1.807, 2.05) is 12.1 Å². The first-order chi connectivity index (χ1) is 14.0. The molecular weight excluding hydrogens is 370 g/mol. The number of carbonyl (C=O) groups excluding carboxylic acids is 1. The van der Waals surface area contributed by atoms with Crippen LogP contribution in [0.2, 0.25) is 0 Å². The van der Waals surface area contributed by atoms with Crippen LogP contribution in [0.3, 0.4) is 0 Å². The standard InChI is InChI=1S/C25H20F2O2/c1-2-3-4-18-5-7-19(8-6-18)9-10-20-11-13-21(14-12-20)25(28)29-24-16-15-22(26)17-23(24)27/h5-8,11-17H,2-4H2,1H3. The van der Waals surface area contributed by atoms with Gasteiger partial charge in [0.2, 0.25) is 0 Å². The van der Waals surface area contributed by atoms with Crippen LogP contribution in [-0.4, -0.2) is 5.97 Å². The first kappa shape index (κ1) is 20.3. The highest BCUT2D eigenvalue weighted by atomic mass is 19.1. The minimum atomic E-state index is -0.929. The summed E-state index contributed by atoms with van der Waals surface area (Å²) in [6, 6.07) is 17.5. The highest BCUT2D eigenvalue weighted by molar-refractivity contribution is 5.91. The summed E-state index contributed by atoms with van der Waals surface area (Å²) in [5.74, 6) is 3.44. The van der Waals surface area contributed by atoms with Crippen LogP contribution in [-0.2, 0) is 6.42 Å². The van der Waals surface area contributed by atoms with Gasteiger partial charge in [-0.05, 0) is 66.9 Å². The quantitative estimate of drug-likeness (QED) is 0.307. The molecule has 3 aromatic rings. The molecule has 0 aliphatic rings. The van der Waals surface area contributed by atoms with Crippen molar-refractivity contribution in [3.8, 4) is 17.6 Å². The van der Waals surface area contributed by atoms with Gasteiger partial charge in [0.25, 0.3) is 0 Å². The van der Waals surface area contributed by atoms with E-state index in [0.29, 0.717) is 6.07 Å². The van der Waals surface area contributed by atoms with E-state index in [1.54, 1.807) is 24.3 Å². The molecule has 0 amide bonds. The van der Waals surface area contributed by atoms with Gasteiger partial charge in [-0.2, -0.15) is 0 Å². The maximum Gasteiger partial charge on any atom is 0.343 e. The minimum absolute atomic E-state index is 0.250. The lowest BCUT2D eigenvalue weighted by Crippen LogP contribution is -2.09. The molecule has 0 spiro atoms. The molecule has 3 aromatic carbocycles. The summed E-state index contributed by atoms with van der Waals surface area (Å²) < 4.78 is 31.5. The number of aryl methyl sites for hydroxylation is 1. The number of ether oxygens (including phenoxy) is 1. The lowest BCUT2D eigenvalue weighted by Gasteiger charge is -2.05. The second-order valence-electron chi connectivity index (χ2n) is 6.59. The molecule has 0 atom stereocenters. The lowest BCUT2D eigenvalue weighted by molar-refractivity contribution is 0.0727. The van der Waals surface area contributed by atoms with Gasteiger partial charge in [-0.25, -0.2) is 13.6 Å². The summed E-state index contributed by atoms with van der Waals surface area (Å²) in [6.45, 7) is 2.17. The highest BCUT2D eigenvalue weighted by Gasteiger charge is 2.12. The zero-order chi connectivity index (χ0) is 20.6. The molecule has 29 heavy (non-hydrogen) atoms. The Balaban J connectivity index is 1.64. The summed E-state index contributed by atoms with van der Waals surface area (Å²) in [5, 5.41) is 0. The Hall–Kier alpha value is -3.45. The molecule has 146 valence electrons. The second-order valence-corrected chi connectivity index (χ2v) is 6.59. The average Bonchev–Trinajstić information content (AvgIpc) is 2.74. The number of benzene rings is 3. The summed E-state index contributed by atoms with van der Waals surface area (Å²) in [4.78, 5) is 12.1. The molecule has 0 radical (unpaired) electrons. The predicted octanol–water partition coefficient (Wildman–Crippen LogP) is 5.93. The number of carbonyl (C=O) groups is 1. The van der Waals surface area contributed by atoms with Crippen LogP contribution in [0.4, 0.5) is 8.78 Å². The van der Waals surface area contributed by atoms with Crippen LogP contribution in [0.15, 0.2) is 66.7 Å². The molecular formula is C25H20F2O2. The van der Waals surface area contributed by atoms with Crippen LogP contribution in [0.5, 0.6) is 5.75 Å². The topological polar surface area (TPSA) is 26.3 Å². The third-order valence-corrected chi connectivity index (χ3v) is 4.34. The molecule has 0 saturated carbocycles. The van der Waals surface area contributed by atoms with E-state index in [4.69, 9.17) is 4.74 Å². The van der Waals surface area contributed by atoms with E-state index >= 15 is 0 Å². The molecule has 0 aliphatic heterocycles. The minimum Gasteiger partial charge on any atom is -0.420 e. The Labute approximate surface area is 169 Å². The highest BCUT2D eigenvalue weighted by Crippen LogP contribution is 2.19. The molecule has 0 N–H and O–H groups in total. The zero-order valence-electron chi connectivity index (χ0n) is 16.0. The normalized spacial score (nSPS) is 10.2. The first-order valence-corrected chi connectivity index (χ1v) is 9.43. The van der Waals surface area contributed by atoms with E-state index in [2.05, 4.69) is 30.9 Å². The van der Waals surface area contributed by atoms with E-state index in [9.17, 15) is 13.6 Å². The Bertz CT molecular complexity index is 1040. The molecule has 4 heteroatoms. The smallest absolute Gasteiger partial charge is 0.343 e. The summed E-state index contributed by atoms with van der Waals surface area (Å²) in [5.41, 5.74) is 3.21. The van der Waals surface area contributed by atoms with E-state index in [1.165, 1.54) is 18.4 Å². The van der Waals surface area contributed by atoms with Crippen molar-refractivity contribution in [3.05, 3.63) is 101 Å². The Morgan fingerprint density at radius 3 is 2.10 bits per heavy atom. The summed E-state index contributed by atoms with van der Waals surface area (Å²) in [6.07, 6.45) is 3.42. The lowest BCUT2D eigenvalue weighted by atomic mass is 10.1. The number of unbranched alkanes of at least 4 members (excludes halogenated alkanes) is 1. The number of hydrogen-bond acceptors (Lipinski definition) is 2. The molecule has 0 aromatic heterocycles. The molecule has 0 unspecified atom stereocenters. The van der Waals surface area contributed by atoms with Crippen molar-refractivity contribution in [2.75, 3.05) is 0 Å². The summed E-state index contributed by atoms with van der Waals surface area (Å²) >= 11 is 0. The van der Waals surface area contributed by atoms with E-state index in [0.717, 1.165) is 29.7 Å². The van der Waals surface area contributed by atoms with Gasteiger partial charge in [0, 0.05) is 17.2 Å². The fourth-order valence-corrected chi connectivity index (χ4v) is 2.69. The van der Waals surface area contributed by atoms with Gasteiger partial charge < -0.3 is 4.74 Å². The molecule has 2 nitrogen and oxygen atoms in total. The maximum atomic E-state index is 13.6. The van der Waals surface area contributed by atoms with E-state index < -0.39 is 17.6 Å². The van der Waals surface area contributed by atoms with Crippen molar-refractivity contribution < 1.29 is 18.3 Å². The fourth-order valence-electron chi connectivity index (χ4n) is 2.69. The van der Waals surface area contributed by atoms with Gasteiger partial charge in [-0.15, -0.1) is 0 Å². The average molecular weight is 390 g/mol. The van der Waals surface area contributed by atoms with Crippen molar-refractivity contribution in [1.29, 1.82) is 0 Å². The van der Waals surface area contributed by atoms with Crippen LogP contribution in [0, 0.1) is 23.5 Å². The van der Waals surface area contributed by atoms with Gasteiger partial charge in [-0.1, -0.05) is 37.3 Å². The monoisotopic (exact) mass is 390 g/mol. The van der Waals surface area contributed by atoms with Gasteiger partial charge >= 0.3 is 5.97 Å². The van der Waals surface area contributed by atoms with Crippen molar-refractivity contribution >= 4 is 5.97 Å². The Kier molecular flexibility index (Phi) is 6.76. The Morgan fingerprint density at radius 1 is 0.897 bits per heavy atom. The molecule has 0 saturated heterocycles. The fraction of sp³-hybridized carbons (Fsp3) is 0.160. The van der Waals surface area contributed by atoms with Gasteiger partial charge in [-0.3, -0.25) is 0 Å². The van der Waals surface area contributed by atoms with Crippen molar-refractivity contribution in [1.82, 2.24) is 0 Å². The van der Waals surface area contributed by atoms with Crippen LogP contribution in [0.1, 0.15) is 46.8 Å². The van der Waals surface area contributed by atoms with Crippen LogP contribution in [0.25, 0.3) is 0 Å². The Morgan fingerprint density at radius 2 is 1.52 bits per heavy atom. The van der Waals surface area contributed by atoms with Gasteiger partial charge in [0.05, 0.1) is 5.56 Å². The SMILES string of the molecule is CCCCc1ccc(C#Cc2ccc(C(=O)Oc3ccc(F)cc3F)cc2)cc1. The largest absolute Gasteiger partial charge is 0.420 e. The van der Waals surface area contributed by atoms with Crippen LogP contribution < -0.4 is 4.74 Å². The predicted molar refractivity (Wildman–Crippen MR) is 109 cm³/mol. The van der Waals surface area contributed by atoms with Crippen molar-refractivity contribution in [3.63, 3.8) is 0 Å². The number of halogens is 2. The summed E-state index contributed by atoms with van der Waals surface area (Å²) in [7, 11) is 0. The number of esters is 1. The number of hydrogen-bond donors (Lipinski definition) is 0. The third kappa shape index (κ3) is 5.76. The number of rotatable bonds is 5. The van der Waals surface area contributed by atoms with Crippen molar-refractivity contribution in [2.45, 2.75) is 26.2 Å². The van der Waals surface area contributed by atoms with Gasteiger partial charge in [0.15, 0.2) is 11.6 Å². The van der Waals surface area contributed by atoms with E-state index in [-0.39, 0.29) is 11.3 Å². The molecule has 0 aliphatic carbocycles. The van der Waals surface area contributed by atoms with Crippen LogP contribution >= 0.6 is 0 Å². The zero-order valence-corrected chi connectivity index (χ0v) is 16.0. The van der Waals surface area contributed by atoms with Gasteiger partial charge in [0.1, 0.15) is 5.82 Å².